The minimum atomic E-state index is 0.199. The van der Waals surface area contributed by atoms with Gasteiger partial charge in [-0.2, -0.15) is 10.5 Å². The monoisotopic (exact) mass is 450 g/mol. The van der Waals surface area contributed by atoms with Crippen LogP contribution in [0.4, 0.5) is 0 Å². The Morgan fingerprint density at radius 3 is 2.21 bits per heavy atom. The lowest BCUT2D eigenvalue weighted by atomic mass is 10.0. The van der Waals surface area contributed by atoms with Crippen LogP contribution in [0, 0.1) is 29.6 Å². The van der Waals surface area contributed by atoms with Crippen molar-refractivity contribution >= 4 is 5.65 Å². The molecule has 1 saturated heterocycles. The second kappa shape index (κ2) is 10.6. The standard InChI is InChI=1S/C23H17N5O.C4H9N/c1-15-3-7-18(8-4-15)21-20(17-9-5-16(13-25)6-10-17)27-23(29-2)22-26-19(11-12-24)14-28(21)22;1-2-4-5-3-1/h3-10,14H,11H2,1-2H3;5H,1-4H2. The van der Waals surface area contributed by atoms with Crippen LogP contribution in [0.25, 0.3) is 28.2 Å². The number of nitriles is 2. The SMILES string of the molecule is C1CCNC1.COc1nc(-c2ccc(C#N)cc2)c(-c2ccc(C)cc2)n2cc(CC#N)nc12. The number of aryl methyl sites for hydroxylation is 1. The highest BCUT2D eigenvalue weighted by molar-refractivity contribution is 5.82. The number of nitrogens with one attached hydrogen (secondary N) is 1. The maximum Gasteiger partial charge on any atom is 0.258 e. The molecular formula is C27H26N6O. The minimum Gasteiger partial charge on any atom is -0.478 e. The number of aromatic nitrogens is 3. The molecule has 2 aromatic heterocycles. The smallest absolute Gasteiger partial charge is 0.258 e. The summed E-state index contributed by atoms with van der Waals surface area (Å²) in [6, 6.07) is 19.7. The number of benzene rings is 2. The molecule has 34 heavy (non-hydrogen) atoms. The molecule has 3 heterocycles. The lowest BCUT2D eigenvalue weighted by Crippen LogP contribution is -2.03. The van der Waals surface area contributed by atoms with Crippen molar-refractivity contribution in [2.45, 2.75) is 26.2 Å². The molecule has 0 amide bonds. The number of methoxy groups -OCH3 is 1. The van der Waals surface area contributed by atoms with Gasteiger partial charge in [-0.05, 0) is 45.0 Å². The van der Waals surface area contributed by atoms with Gasteiger partial charge in [0.25, 0.3) is 5.88 Å². The Labute approximate surface area is 199 Å². The Morgan fingerprint density at radius 1 is 0.971 bits per heavy atom. The van der Waals surface area contributed by atoms with E-state index in [1.807, 2.05) is 53.9 Å². The Balaban J connectivity index is 0.000000486. The highest BCUT2D eigenvalue weighted by Crippen LogP contribution is 2.35. The first-order valence-electron chi connectivity index (χ1n) is 11.3. The molecule has 1 aliphatic heterocycles. The Bertz CT molecular complexity index is 1350. The van der Waals surface area contributed by atoms with Gasteiger partial charge in [-0.3, -0.25) is 4.40 Å². The van der Waals surface area contributed by atoms with Crippen LogP contribution in [0.15, 0.2) is 54.7 Å². The molecule has 0 atom stereocenters. The lowest BCUT2D eigenvalue weighted by Gasteiger charge is -2.14. The average Bonchev–Trinajstić information content (AvgIpc) is 3.58. The second-order valence-corrected chi connectivity index (χ2v) is 8.09. The van der Waals surface area contributed by atoms with Gasteiger partial charge in [0.15, 0.2) is 0 Å². The zero-order valence-corrected chi connectivity index (χ0v) is 19.4. The van der Waals surface area contributed by atoms with Gasteiger partial charge in [0.05, 0.1) is 48.3 Å². The fraction of sp³-hybridized carbons (Fsp3) is 0.259. The van der Waals surface area contributed by atoms with Gasteiger partial charge in [-0.25, -0.2) is 9.97 Å². The molecule has 5 rings (SSSR count). The number of rotatable bonds is 4. The summed E-state index contributed by atoms with van der Waals surface area (Å²) < 4.78 is 7.43. The molecule has 2 aromatic carbocycles. The Morgan fingerprint density at radius 2 is 1.65 bits per heavy atom. The Hall–Kier alpha value is -4.20. The molecule has 1 N–H and O–H groups in total. The van der Waals surface area contributed by atoms with Crippen LogP contribution in [0.2, 0.25) is 0 Å². The van der Waals surface area contributed by atoms with E-state index >= 15 is 0 Å². The average molecular weight is 451 g/mol. The van der Waals surface area contributed by atoms with Crippen LogP contribution >= 0.6 is 0 Å². The van der Waals surface area contributed by atoms with Crippen molar-refractivity contribution in [1.82, 2.24) is 19.7 Å². The van der Waals surface area contributed by atoms with E-state index in [1.54, 1.807) is 19.2 Å². The van der Waals surface area contributed by atoms with E-state index in [0.29, 0.717) is 28.5 Å². The second-order valence-electron chi connectivity index (χ2n) is 8.09. The summed E-state index contributed by atoms with van der Waals surface area (Å²) in [6.07, 6.45) is 4.83. The zero-order chi connectivity index (χ0) is 23.9. The van der Waals surface area contributed by atoms with Gasteiger partial charge >= 0.3 is 0 Å². The van der Waals surface area contributed by atoms with Gasteiger partial charge in [-0.1, -0.05) is 42.0 Å². The molecule has 0 saturated carbocycles. The van der Waals surface area contributed by atoms with Crippen LogP contribution in [-0.2, 0) is 6.42 Å². The van der Waals surface area contributed by atoms with Crippen molar-refractivity contribution in [3.05, 3.63) is 71.5 Å². The van der Waals surface area contributed by atoms with Crippen LogP contribution in [0.3, 0.4) is 0 Å². The maximum absolute atomic E-state index is 9.11. The van der Waals surface area contributed by atoms with Gasteiger partial charge < -0.3 is 10.1 Å². The number of hydrogen-bond donors (Lipinski definition) is 1. The van der Waals surface area contributed by atoms with Crippen molar-refractivity contribution in [1.29, 1.82) is 10.5 Å². The summed E-state index contributed by atoms with van der Waals surface area (Å²) in [7, 11) is 1.55. The number of nitrogens with zero attached hydrogens (tertiary/aromatic N) is 5. The molecule has 0 radical (unpaired) electrons. The predicted octanol–water partition coefficient (Wildman–Crippen LogP) is 4.69. The summed E-state index contributed by atoms with van der Waals surface area (Å²) in [5, 5.41) is 21.4. The summed E-state index contributed by atoms with van der Waals surface area (Å²) in [5.74, 6) is 0.379. The van der Waals surface area contributed by atoms with E-state index in [1.165, 1.54) is 25.9 Å². The molecule has 7 heteroatoms. The number of hydrogen-bond acceptors (Lipinski definition) is 6. The third-order valence-electron chi connectivity index (χ3n) is 5.65. The Kier molecular flexibility index (Phi) is 7.17. The summed E-state index contributed by atoms with van der Waals surface area (Å²) in [4.78, 5) is 9.30. The first-order chi connectivity index (χ1) is 16.6. The summed E-state index contributed by atoms with van der Waals surface area (Å²) in [6.45, 7) is 4.54. The molecule has 0 bridgehead atoms. The number of fused-ring (bicyclic) bond motifs is 1. The minimum absolute atomic E-state index is 0.199. The van der Waals surface area contributed by atoms with Crippen molar-refractivity contribution in [2.24, 2.45) is 0 Å². The highest BCUT2D eigenvalue weighted by atomic mass is 16.5. The van der Waals surface area contributed by atoms with E-state index < -0.39 is 0 Å². The van der Waals surface area contributed by atoms with Crippen LogP contribution in [-0.4, -0.2) is 34.6 Å². The van der Waals surface area contributed by atoms with Gasteiger partial charge in [0, 0.05) is 17.3 Å². The zero-order valence-electron chi connectivity index (χ0n) is 19.4. The third-order valence-corrected chi connectivity index (χ3v) is 5.65. The molecule has 0 unspecified atom stereocenters. The normalized spacial score (nSPS) is 12.5. The van der Waals surface area contributed by atoms with E-state index in [-0.39, 0.29) is 6.42 Å². The van der Waals surface area contributed by atoms with Gasteiger partial charge in [0.2, 0.25) is 5.65 Å². The lowest BCUT2D eigenvalue weighted by molar-refractivity contribution is 0.401. The van der Waals surface area contributed by atoms with E-state index in [0.717, 1.165) is 22.4 Å². The fourth-order valence-corrected chi connectivity index (χ4v) is 3.89. The molecule has 1 fully saturated rings. The molecular weight excluding hydrogens is 424 g/mol. The van der Waals surface area contributed by atoms with Crippen molar-refractivity contribution in [3.63, 3.8) is 0 Å². The van der Waals surface area contributed by atoms with Gasteiger partial charge in [-0.15, -0.1) is 0 Å². The molecule has 1 aliphatic rings. The molecule has 4 aromatic rings. The van der Waals surface area contributed by atoms with E-state index in [2.05, 4.69) is 22.4 Å². The van der Waals surface area contributed by atoms with E-state index in [4.69, 9.17) is 20.2 Å². The summed E-state index contributed by atoms with van der Waals surface area (Å²) in [5.41, 5.74) is 6.33. The number of imidazole rings is 1. The molecule has 0 aliphatic carbocycles. The first-order valence-corrected chi connectivity index (χ1v) is 11.3. The topological polar surface area (TPSA) is 99.0 Å². The molecule has 170 valence electrons. The quantitative estimate of drug-likeness (QED) is 0.484. The van der Waals surface area contributed by atoms with Crippen LogP contribution in [0.1, 0.15) is 29.7 Å². The van der Waals surface area contributed by atoms with E-state index in [9.17, 15) is 0 Å². The largest absolute Gasteiger partial charge is 0.478 e. The molecule has 0 spiro atoms. The van der Waals surface area contributed by atoms with Crippen molar-refractivity contribution in [3.8, 4) is 40.5 Å². The predicted molar refractivity (Wildman–Crippen MR) is 131 cm³/mol. The number of ether oxygens (including phenoxy) is 1. The fourth-order valence-electron chi connectivity index (χ4n) is 3.89. The van der Waals surface area contributed by atoms with Crippen molar-refractivity contribution < 1.29 is 4.74 Å². The van der Waals surface area contributed by atoms with Crippen molar-refractivity contribution in [2.75, 3.05) is 20.2 Å². The summed E-state index contributed by atoms with van der Waals surface area (Å²) >= 11 is 0. The third kappa shape index (κ3) is 4.91. The van der Waals surface area contributed by atoms with Crippen LogP contribution < -0.4 is 10.1 Å². The molecule has 7 nitrogen and oxygen atoms in total. The highest BCUT2D eigenvalue weighted by Gasteiger charge is 2.20. The van der Waals surface area contributed by atoms with Crippen LogP contribution in [0.5, 0.6) is 5.88 Å². The van der Waals surface area contributed by atoms with Gasteiger partial charge in [0.1, 0.15) is 0 Å². The first kappa shape index (κ1) is 23.0. The maximum atomic E-state index is 9.11.